The Bertz CT molecular complexity index is 736. The highest BCUT2D eigenvalue weighted by Gasteiger charge is 2.35. The molecule has 3 aliphatic heterocycles. The number of nitrogens with zero attached hydrogens (tertiary/aromatic N) is 1. The molecule has 0 saturated carbocycles. The molecular weight excluding hydrogens is 335 g/mol. The summed E-state index contributed by atoms with van der Waals surface area (Å²) in [5, 5.41) is 4.81. The summed E-state index contributed by atoms with van der Waals surface area (Å²) in [4.78, 5) is 14.9. The van der Waals surface area contributed by atoms with Gasteiger partial charge in [0.1, 0.15) is 0 Å². The Morgan fingerprint density at radius 2 is 1.96 bits per heavy atom. The number of nitrogens with one attached hydrogen (secondary N) is 1. The maximum atomic E-state index is 12.5. The van der Waals surface area contributed by atoms with Gasteiger partial charge in [0, 0.05) is 23.0 Å². The van der Waals surface area contributed by atoms with Crippen molar-refractivity contribution < 1.29 is 9.21 Å². The number of hydrogen-bond acceptors (Lipinski definition) is 3. The first-order chi connectivity index (χ1) is 10.6. The van der Waals surface area contributed by atoms with Gasteiger partial charge in [0.15, 0.2) is 11.3 Å². The van der Waals surface area contributed by atoms with Crippen LogP contribution in [0.3, 0.4) is 0 Å². The normalized spacial score (nSPS) is 26.1. The van der Waals surface area contributed by atoms with Crippen molar-refractivity contribution in [1.82, 2.24) is 10.2 Å². The molecule has 1 aromatic carbocycles. The number of piperidine rings is 3. The summed E-state index contributed by atoms with van der Waals surface area (Å²) in [5.41, 5.74) is 0.505. The molecule has 6 heteroatoms. The van der Waals surface area contributed by atoms with Crippen molar-refractivity contribution in [2.24, 2.45) is 5.92 Å². The van der Waals surface area contributed by atoms with Crippen LogP contribution in [0.5, 0.6) is 0 Å². The number of furan rings is 1. The maximum Gasteiger partial charge on any atom is 0.287 e. The number of amides is 1. The lowest BCUT2D eigenvalue weighted by molar-refractivity contribution is 0.0607. The zero-order valence-electron chi connectivity index (χ0n) is 11.9. The van der Waals surface area contributed by atoms with Gasteiger partial charge in [0.2, 0.25) is 0 Å². The van der Waals surface area contributed by atoms with Gasteiger partial charge in [-0.05, 0) is 50.0 Å². The summed E-state index contributed by atoms with van der Waals surface area (Å²) in [6.07, 6.45) is 2.32. The van der Waals surface area contributed by atoms with E-state index in [1.165, 1.54) is 0 Å². The van der Waals surface area contributed by atoms with Crippen molar-refractivity contribution in [3.63, 3.8) is 0 Å². The minimum absolute atomic E-state index is 0. The quantitative estimate of drug-likeness (QED) is 0.878. The van der Waals surface area contributed by atoms with E-state index in [1.54, 1.807) is 18.2 Å². The topological polar surface area (TPSA) is 45.5 Å². The highest BCUT2D eigenvalue weighted by Crippen LogP contribution is 2.31. The van der Waals surface area contributed by atoms with Crippen LogP contribution in [0.2, 0.25) is 10.0 Å². The van der Waals surface area contributed by atoms with E-state index in [0.29, 0.717) is 21.5 Å². The predicted molar refractivity (Wildman–Crippen MR) is 93.4 cm³/mol. The largest absolute Gasteiger partial charge is 0.449 e. The fourth-order valence-corrected chi connectivity index (χ4v) is 4.10. The molecule has 5 rings (SSSR count). The first kappa shape index (κ1) is 16.6. The minimum Gasteiger partial charge on any atom is -0.449 e. The molecule has 1 atom stereocenters. The third-order valence-electron chi connectivity index (χ3n) is 4.73. The Hall–Kier alpha value is -1.23. The van der Waals surface area contributed by atoms with Gasteiger partial charge in [-0.15, -0.1) is 0 Å². The van der Waals surface area contributed by atoms with Gasteiger partial charge in [0.25, 0.3) is 5.91 Å². The molecule has 1 N–H and O–H groups in total. The molecule has 23 heavy (non-hydrogen) atoms. The number of hydrogen-bond donors (Lipinski definition) is 1. The molecule has 1 aromatic heterocycles. The summed E-state index contributed by atoms with van der Waals surface area (Å²) in [7, 11) is 0. The molecule has 4 heterocycles. The van der Waals surface area contributed by atoms with Gasteiger partial charge in [-0.1, -0.05) is 30.6 Å². The fourth-order valence-electron chi connectivity index (χ4n) is 3.56. The van der Waals surface area contributed by atoms with E-state index in [4.69, 9.17) is 27.6 Å². The van der Waals surface area contributed by atoms with Crippen molar-refractivity contribution in [2.75, 3.05) is 19.6 Å². The average molecular weight is 355 g/mol. The molecule has 0 aliphatic carbocycles. The minimum atomic E-state index is -0.179. The third-order valence-corrected chi connectivity index (χ3v) is 5.23. The van der Waals surface area contributed by atoms with Crippen molar-refractivity contribution in [3.05, 3.63) is 34.0 Å². The van der Waals surface area contributed by atoms with Crippen LogP contribution >= 0.6 is 23.2 Å². The second kappa shape index (κ2) is 6.34. The van der Waals surface area contributed by atoms with E-state index in [1.807, 2.05) is 0 Å². The Labute approximate surface area is 145 Å². The SMILES string of the molecule is C.O=C(N[C@H]1CN2CCC1CC2)c1cc2cc(Cl)cc(Cl)c2o1. The molecule has 3 saturated heterocycles. The molecule has 1 amide bonds. The maximum absolute atomic E-state index is 12.5. The van der Waals surface area contributed by atoms with E-state index in [9.17, 15) is 4.79 Å². The highest BCUT2D eigenvalue weighted by atomic mass is 35.5. The van der Waals surface area contributed by atoms with E-state index < -0.39 is 0 Å². The standard InChI is InChI=1S/C16H16Cl2N2O2.CH4/c17-11-5-10-6-14(22-15(10)12(18)7-11)16(21)19-13-8-20-3-1-9(13)2-4-20;/h5-7,9,13H,1-4,8H2,(H,19,21);1H4/t13-;/m0./s1. The van der Waals surface area contributed by atoms with Crippen LogP contribution in [0.4, 0.5) is 0 Å². The van der Waals surface area contributed by atoms with Gasteiger partial charge in [-0.2, -0.15) is 0 Å². The van der Waals surface area contributed by atoms with Crippen LogP contribution in [0.25, 0.3) is 11.0 Å². The van der Waals surface area contributed by atoms with Crippen LogP contribution in [-0.4, -0.2) is 36.5 Å². The monoisotopic (exact) mass is 354 g/mol. The molecule has 4 nitrogen and oxygen atoms in total. The van der Waals surface area contributed by atoms with E-state index in [-0.39, 0.29) is 25.1 Å². The summed E-state index contributed by atoms with van der Waals surface area (Å²) >= 11 is 12.1. The molecule has 2 aromatic rings. The fraction of sp³-hybridized carbons (Fsp3) is 0.471. The lowest BCUT2D eigenvalue weighted by Gasteiger charge is -2.44. The van der Waals surface area contributed by atoms with Crippen LogP contribution < -0.4 is 5.32 Å². The second-order valence-corrected chi connectivity index (χ2v) is 6.98. The zero-order valence-corrected chi connectivity index (χ0v) is 13.5. The summed E-state index contributed by atoms with van der Waals surface area (Å²) < 4.78 is 5.62. The number of carbonyl (C=O) groups is 1. The Morgan fingerprint density at radius 1 is 1.22 bits per heavy atom. The van der Waals surface area contributed by atoms with Crippen LogP contribution in [-0.2, 0) is 0 Å². The Balaban J connectivity index is 0.00000156. The molecule has 2 bridgehead atoms. The van der Waals surface area contributed by atoms with Crippen molar-refractivity contribution in [3.8, 4) is 0 Å². The van der Waals surface area contributed by atoms with E-state index in [2.05, 4.69) is 10.2 Å². The number of benzene rings is 1. The van der Waals surface area contributed by atoms with Gasteiger partial charge < -0.3 is 14.6 Å². The van der Waals surface area contributed by atoms with Gasteiger partial charge in [-0.3, -0.25) is 4.79 Å². The molecule has 0 unspecified atom stereocenters. The van der Waals surface area contributed by atoms with Crippen LogP contribution in [0.15, 0.2) is 22.6 Å². The van der Waals surface area contributed by atoms with Gasteiger partial charge in [-0.25, -0.2) is 0 Å². The third kappa shape index (κ3) is 3.08. The summed E-state index contributed by atoms with van der Waals surface area (Å²) in [6, 6.07) is 5.27. The van der Waals surface area contributed by atoms with Crippen molar-refractivity contribution in [1.29, 1.82) is 0 Å². The van der Waals surface area contributed by atoms with Gasteiger partial charge in [0.05, 0.1) is 5.02 Å². The highest BCUT2D eigenvalue weighted by molar-refractivity contribution is 6.38. The second-order valence-electron chi connectivity index (χ2n) is 6.13. The number of carbonyl (C=O) groups excluding carboxylic acids is 1. The molecular formula is C17H20Cl2N2O2. The molecule has 3 fully saturated rings. The first-order valence-electron chi connectivity index (χ1n) is 7.52. The molecule has 124 valence electrons. The molecule has 0 radical (unpaired) electrons. The van der Waals surface area contributed by atoms with Gasteiger partial charge >= 0.3 is 0 Å². The zero-order chi connectivity index (χ0) is 15.3. The lowest BCUT2D eigenvalue weighted by Crippen LogP contribution is -2.57. The van der Waals surface area contributed by atoms with E-state index >= 15 is 0 Å². The summed E-state index contributed by atoms with van der Waals surface area (Å²) in [6.45, 7) is 3.23. The smallest absolute Gasteiger partial charge is 0.287 e. The van der Waals surface area contributed by atoms with E-state index in [0.717, 1.165) is 37.9 Å². The van der Waals surface area contributed by atoms with Crippen molar-refractivity contribution >= 4 is 40.1 Å². The summed E-state index contributed by atoms with van der Waals surface area (Å²) in [5.74, 6) is 0.689. The van der Waals surface area contributed by atoms with Crippen LogP contribution in [0, 0.1) is 5.92 Å². The Kier molecular flexibility index (Phi) is 4.59. The van der Waals surface area contributed by atoms with Crippen LogP contribution in [0.1, 0.15) is 30.8 Å². The molecule has 0 spiro atoms. The number of rotatable bonds is 2. The molecule has 3 aliphatic rings. The number of fused-ring (bicyclic) bond motifs is 4. The predicted octanol–water partition coefficient (Wildman–Crippen LogP) is 4.20. The van der Waals surface area contributed by atoms with Crippen molar-refractivity contribution in [2.45, 2.75) is 26.3 Å². The number of halogens is 2. The average Bonchev–Trinajstić information content (AvgIpc) is 2.93. The lowest BCUT2D eigenvalue weighted by atomic mass is 9.84. The Morgan fingerprint density at radius 3 is 2.61 bits per heavy atom. The first-order valence-corrected chi connectivity index (χ1v) is 8.27.